The highest BCUT2D eigenvalue weighted by Gasteiger charge is 2.23. The summed E-state index contributed by atoms with van der Waals surface area (Å²) in [6.45, 7) is 13.8. The zero-order chi connectivity index (χ0) is 19.9. The van der Waals surface area contributed by atoms with Gasteiger partial charge in [-0.25, -0.2) is 0 Å². The summed E-state index contributed by atoms with van der Waals surface area (Å²) in [6.07, 6.45) is 2.10. The Morgan fingerprint density at radius 1 is 1.15 bits per heavy atom. The summed E-state index contributed by atoms with van der Waals surface area (Å²) < 4.78 is 30.7. The van der Waals surface area contributed by atoms with Crippen LogP contribution in [0.5, 0.6) is 0 Å². The summed E-state index contributed by atoms with van der Waals surface area (Å²) in [5.41, 5.74) is 3.59. The average molecular weight is 380 g/mol. The lowest BCUT2D eigenvalue weighted by atomic mass is 9.96. The fraction of sp³-hybridized carbons (Fsp3) is 0.600. The molecular formula is C20H33N3O2S. The third kappa shape index (κ3) is 4.67. The molecule has 1 aromatic carbocycles. The molecule has 0 aliphatic carbocycles. The second kappa shape index (κ2) is 7.33. The minimum atomic E-state index is -3.49. The molecule has 0 saturated heterocycles. The van der Waals surface area contributed by atoms with E-state index in [-0.39, 0.29) is 11.5 Å². The van der Waals surface area contributed by atoms with Crippen LogP contribution in [0.15, 0.2) is 24.4 Å². The van der Waals surface area contributed by atoms with Crippen LogP contribution in [0, 0.1) is 5.41 Å². The van der Waals surface area contributed by atoms with E-state index in [1.807, 2.05) is 6.92 Å². The standard InChI is InChI=1S/C20H33N3O2S/c1-14(2)16-9-10-17-18(15(3)21-26(24,25)22(7)8)12-23(19(17)11-16)13-20(4,5)6/h9-12,14-15,21H,13H2,1-8H3/t15-/m1/s1. The topological polar surface area (TPSA) is 54.3 Å². The predicted octanol–water partition coefficient (Wildman–Crippen LogP) is 4.27. The number of benzene rings is 1. The molecule has 0 spiro atoms. The molecule has 146 valence electrons. The second-order valence-electron chi connectivity index (χ2n) is 8.83. The molecule has 26 heavy (non-hydrogen) atoms. The predicted molar refractivity (Wildman–Crippen MR) is 110 cm³/mol. The molecule has 2 aromatic rings. The Morgan fingerprint density at radius 3 is 2.27 bits per heavy atom. The highest BCUT2D eigenvalue weighted by Crippen LogP contribution is 2.32. The van der Waals surface area contributed by atoms with Crippen molar-refractivity contribution in [3.63, 3.8) is 0 Å². The average Bonchev–Trinajstić information content (AvgIpc) is 2.83. The Balaban J connectivity index is 2.56. The second-order valence-corrected chi connectivity index (χ2v) is 10.7. The summed E-state index contributed by atoms with van der Waals surface area (Å²) in [6, 6.07) is 6.20. The Morgan fingerprint density at radius 2 is 1.77 bits per heavy atom. The number of fused-ring (bicyclic) bond motifs is 1. The van der Waals surface area contributed by atoms with Crippen molar-refractivity contribution in [2.75, 3.05) is 14.1 Å². The van der Waals surface area contributed by atoms with Crippen LogP contribution in [0.2, 0.25) is 0 Å². The molecule has 0 aliphatic heterocycles. The van der Waals surface area contributed by atoms with Gasteiger partial charge in [0.1, 0.15) is 0 Å². The van der Waals surface area contributed by atoms with E-state index in [0.717, 1.165) is 23.0 Å². The van der Waals surface area contributed by atoms with Crippen molar-refractivity contribution in [2.45, 2.75) is 60.0 Å². The smallest absolute Gasteiger partial charge is 0.279 e. The van der Waals surface area contributed by atoms with Crippen LogP contribution in [0.4, 0.5) is 0 Å². The zero-order valence-corrected chi connectivity index (χ0v) is 18.1. The highest BCUT2D eigenvalue weighted by atomic mass is 32.2. The molecule has 0 aliphatic rings. The van der Waals surface area contributed by atoms with Crippen LogP contribution in [-0.2, 0) is 16.8 Å². The molecule has 2 rings (SSSR count). The number of hydrogen-bond acceptors (Lipinski definition) is 2. The summed E-state index contributed by atoms with van der Waals surface area (Å²) in [7, 11) is -0.418. The Hall–Kier alpha value is -1.37. The van der Waals surface area contributed by atoms with Gasteiger partial charge < -0.3 is 4.57 Å². The van der Waals surface area contributed by atoms with E-state index in [1.165, 1.54) is 24.0 Å². The lowest BCUT2D eigenvalue weighted by Gasteiger charge is -2.20. The maximum atomic E-state index is 12.2. The Kier molecular flexibility index (Phi) is 5.90. The van der Waals surface area contributed by atoms with E-state index in [4.69, 9.17) is 0 Å². The molecule has 0 bridgehead atoms. The van der Waals surface area contributed by atoms with Crippen molar-refractivity contribution in [3.8, 4) is 0 Å². The third-order valence-electron chi connectivity index (χ3n) is 4.52. The summed E-state index contributed by atoms with van der Waals surface area (Å²) in [5.74, 6) is 0.450. The van der Waals surface area contributed by atoms with Crippen molar-refractivity contribution < 1.29 is 8.42 Å². The Bertz CT molecular complexity index is 874. The van der Waals surface area contributed by atoms with Gasteiger partial charge in [-0.2, -0.15) is 17.4 Å². The van der Waals surface area contributed by atoms with Gasteiger partial charge in [0.05, 0.1) is 0 Å². The van der Waals surface area contributed by atoms with E-state index in [9.17, 15) is 8.42 Å². The fourth-order valence-corrected chi connectivity index (χ4v) is 3.86. The number of hydrogen-bond donors (Lipinski definition) is 1. The van der Waals surface area contributed by atoms with Gasteiger partial charge in [-0.3, -0.25) is 0 Å². The van der Waals surface area contributed by atoms with Gasteiger partial charge >= 0.3 is 0 Å². The monoisotopic (exact) mass is 379 g/mol. The molecule has 1 heterocycles. The maximum Gasteiger partial charge on any atom is 0.279 e. The van der Waals surface area contributed by atoms with Gasteiger partial charge in [0.25, 0.3) is 10.2 Å². The van der Waals surface area contributed by atoms with Crippen molar-refractivity contribution in [1.29, 1.82) is 0 Å². The molecular weight excluding hydrogens is 346 g/mol. The van der Waals surface area contributed by atoms with E-state index >= 15 is 0 Å². The van der Waals surface area contributed by atoms with Crippen LogP contribution >= 0.6 is 0 Å². The minimum absolute atomic E-state index is 0.128. The Labute approximate surface area is 158 Å². The van der Waals surface area contributed by atoms with Gasteiger partial charge in [0.2, 0.25) is 0 Å². The normalized spacial score (nSPS) is 14.5. The van der Waals surface area contributed by atoms with Crippen LogP contribution in [0.25, 0.3) is 10.9 Å². The van der Waals surface area contributed by atoms with E-state index in [0.29, 0.717) is 5.92 Å². The lowest BCUT2D eigenvalue weighted by molar-refractivity contribution is 0.349. The minimum Gasteiger partial charge on any atom is -0.347 e. The first-order valence-corrected chi connectivity index (χ1v) is 10.6. The lowest BCUT2D eigenvalue weighted by Crippen LogP contribution is -2.37. The van der Waals surface area contributed by atoms with Crippen molar-refractivity contribution in [1.82, 2.24) is 13.6 Å². The van der Waals surface area contributed by atoms with Gasteiger partial charge in [0.15, 0.2) is 0 Å². The zero-order valence-electron chi connectivity index (χ0n) is 17.3. The maximum absolute atomic E-state index is 12.2. The van der Waals surface area contributed by atoms with E-state index in [2.05, 4.69) is 68.3 Å². The van der Waals surface area contributed by atoms with E-state index in [1.54, 1.807) is 0 Å². The van der Waals surface area contributed by atoms with Crippen molar-refractivity contribution in [3.05, 3.63) is 35.5 Å². The molecule has 0 radical (unpaired) electrons. The number of aromatic nitrogens is 1. The molecule has 0 saturated carbocycles. The van der Waals surface area contributed by atoms with Crippen LogP contribution in [0.1, 0.15) is 64.6 Å². The fourth-order valence-electron chi connectivity index (χ4n) is 3.08. The van der Waals surface area contributed by atoms with Gasteiger partial charge in [-0.15, -0.1) is 0 Å². The van der Waals surface area contributed by atoms with Crippen molar-refractivity contribution >= 4 is 21.1 Å². The van der Waals surface area contributed by atoms with Gasteiger partial charge in [0, 0.05) is 43.8 Å². The number of nitrogens with one attached hydrogen (secondary N) is 1. The summed E-state index contributed by atoms with van der Waals surface area (Å²) >= 11 is 0. The van der Waals surface area contributed by atoms with E-state index < -0.39 is 10.2 Å². The number of nitrogens with zero attached hydrogens (tertiary/aromatic N) is 2. The molecule has 1 aromatic heterocycles. The molecule has 0 fully saturated rings. The van der Waals surface area contributed by atoms with Crippen LogP contribution in [-0.4, -0.2) is 31.4 Å². The van der Waals surface area contributed by atoms with Crippen molar-refractivity contribution in [2.24, 2.45) is 5.41 Å². The van der Waals surface area contributed by atoms with Gasteiger partial charge in [-0.05, 0) is 35.4 Å². The quantitative estimate of drug-likeness (QED) is 0.815. The third-order valence-corrected chi connectivity index (χ3v) is 6.13. The first-order chi connectivity index (χ1) is 11.8. The molecule has 6 heteroatoms. The SMILES string of the molecule is CC(C)c1ccc2c([C@@H](C)NS(=O)(=O)N(C)C)cn(CC(C)(C)C)c2c1. The first-order valence-electron chi connectivity index (χ1n) is 9.14. The largest absolute Gasteiger partial charge is 0.347 e. The van der Waals surface area contributed by atoms with Gasteiger partial charge in [-0.1, -0.05) is 46.8 Å². The molecule has 1 atom stereocenters. The molecule has 0 unspecified atom stereocenters. The van der Waals surface area contributed by atoms with Crippen LogP contribution < -0.4 is 4.72 Å². The molecule has 5 nitrogen and oxygen atoms in total. The molecule has 1 N–H and O–H groups in total. The molecule has 0 amide bonds. The first kappa shape index (κ1) is 20.9. The number of rotatable bonds is 6. The van der Waals surface area contributed by atoms with Crippen LogP contribution in [0.3, 0.4) is 0 Å². The summed E-state index contributed by atoms with van der Waals surface area (Å²) in [4.78, 5) is 0. The highest BCUT2D eigenvalue weighted by molar-refractivity contribution is 7.87. The summed E-state index contributed by atoms with van der Waals surface area (Å²) in [5, 5.41) is 1.10.